The van der Waals surface area contributed by atoms with Crippen molar-refractivity contribution < 1.29 is 4.74 Å². The van der Waals surface area contributed by atoms with E-state index in [-0.39, 0.29) is 5.41 Å². The van der Waals surface area contributed by atoms with Crippen LogP contribution in [-0.4, -0.2) is 34.2 Å². The number of hydrogen-bond donors (Lipinski definition) is 2. The van der Waals surface area contributed by atoms with Crippen LogP contribution in [0.1, 0.15) is 32.0 Å². The minimum atomic E-state index is 0.147. The predicted octanol–water partition coefficient (Wildman–Crippen LogP) is 4.34. The van der Waals surface area contributed by atoms with Crippen LogP contribution in [-0.2, 0) is 0 Å². The van der Waals surface area contributed by atoms with E-state index in [4.69, 9.17) is 10.1 Å². The van der Waals surface area contributed by atoms with Crippen molar-refractivity contribution in [1.82, 2.24) is 19.7 Å². The van der Waals surface area contributed by atoms with Gasteiger partial charge in [0.25, 0.3) is 0 Å². The monoisotopic (exact) mass is 377 g/mol. The van der Waals surface area contributed by atoms with Crippen LogP contribution in [0.3, 0.4) is 0 Å². The highest BCUT2D eigenvalue weighted by molar-refractivity contribution is 6.10. The first-order valence-corrected chi connectivity index (χ1v) is 9.26. The SMILES string of the molecule is COc1ccc(/C(C=N)=C/NCC(C)(C)C)c(-c2ccn3cc(C)nc3c2)n1. The molecule has 3 rings (SSSR count). The van der Waals surface area contributed by atoms with Gasteiger partial charge >= 0.3 is 0 Å². The lowest BCUT2D eigenvalue weighted by molar-refractivity contribution is 0.398. The Morgan fingerprint density at radius 1 is 1.25 bits per heavy atom. The van der Waals surface area contributed by atoms with E-state index < -0.39 is 0 Å². The number of aromatic nitrogens is 3. The molecule has 3 heterocycles. The molecule has 0 saturated heterocycles. The molecule has 0 radical (unpaired) electrons. The molecule has 0 fully saturated rings. The second-order valence-corrected chi connectivity index (χ2v) is 8.00. The number of nitrogens with zero attached hydrogens (tertiary/aromatic N) is 3. The zero-order valence-electron chi connectivity index (χ0n) is 17.1. The van der Waals surface area contributed by atoms with Crippen LogP contribution in [0, 0.1) is 17.7 Å². The fraction of sp³-hybridized carbons (Fsp3) is 0.318. The van der Waals surface area contributed by atoms with Crippen molar-refractivity contribution in [1.29, 1.82) is 5.41 Å². The number of imidazole rings is 1. The van der Waals surface area contributed by atoms with E-state index in [1.54, 1.807) is 7.11 Å². The Bertz CT molecular complexity index is 1030. The third kappa shape index (κ3) is 4.39. The first-order chi connectivity index (χ1) is 13.3. The summed E-state index contributed by atoms with van der Waals surface area (Å²) in [6.45, 7) is 9.28. The van der Waals surface area contributed by atoms with Gasteiger partial charge in [0.15, 0.2) is 0 Å². The first-order valence-electron chi connectivity index (χ1n) is 9.26. The first kappa shape index (κ1) is 19.6. The van der Waals surface area contributed by atoms with E-state index in [0.29, 0.717) is 5.88 Å². The molecule has 2 N–H and O–H groups in total. The molecule has 0 amide bonds. The Labute approximate surface area is 165 Å². The average molecular weight is 377 g/mol. The van der Waals surface area contributed by atoms with E-state index in [2.05, 4.69) is 36.1 Å². The summed E-state index contributed by atoms with van der Waals surface area (Å²) < 4.78 is 7.32. The fourth-order valence-electron chi connectivity index (χ4n) is 2.93. The smallest absolute Gasteiger partial charge is 0.213 e. The van der Waals surface area contributed by atoms with Crippen molar-refractivity contribution in [3.63, 3.8) is 0 Å². The highest BCUT2D eigenvalue weighted by atomic mass is 16.5. The lowest BCUT2D eigenvalue weighted by Crippen LogP contribution is -2.23. The molecule has 3 aromatic heterocycles. The van der Waals surface area contributed by atoms with E-state index in [1.807, 2.05) is 54.2 Å². The minimum absolute atomic E-state index is 0.147. The number of pyridine rings is 2. The van der Waals surface area contributed by atoms with Gasteiger partial charge in [-0.25, -0.2) is 9.97 Å². The minimum Gasteiger partial charge on any atom is -0.481 e. The predicted molar refractivity (Wildman–Crippen MR) is 114 cm³/mol. The molecular weight excluding hydrogens is 350 g/mol. The number of aryl methyl sites for hydroxylation is 1. The maximum atomic E-state index is 7.92. The Balaban J connectivity index is 2.08. The summed E-state index contributed by atoms with van der Waals surface area (Å²) in [5.41, 5.74) is 5.28. The average Bonchev–Trinajstić information content (AvgIpc) is 3.03. The van der Waals surface area contributed by atoms with Crippen LogP contribution in [0.15, 0.2) is 42.9 Å². The van der Waals surface area contributed by atoms with Gasteiger partial charge in [-0.2, -0.15) is 0 Å². The third-order valence-electron chi connectivity index (χ3n) is 4.29. The standard InChI is InChI=1S/C22H27N5O/c1-15-13-27-9-8-16(10-19(27)25-15)21-18(6-7-20(26-21)28-5)17(11-23)12-24-14-22(2,3)4/h6-13,23-24H,14H2,1-5H3/b17-12+,23-11?. The number of fused-ring (bicyclic) bond motifs is 1. The van der Waals surface area contributed by atoms with E-state index in [1.165, 1.54) is 6.21 Å². The maximum absolute atomic E-state index is 7.92. The lowest BCUT2D eigenvalue weighted by atomic mass is 9.97. The highest BCUT2D eigenvalue weighted by Crippen LogP contribution is 2.29. The molecule has 0 aliphatic carbocycles. The van der Waals surface area contributed by atoms with Gasteiger partial charge in [-0.1, -0.05) is 20.8 Å². The number of hydrogen-bond acceptors (Lipinski definition) is 5. The van der Waals surface area contributed by atoms with Crippen molar-refractivity contribution in [2.75, 3.05) is 13.7 Å². The molecule has 146 valence electrons. The fourth-order valence-corrected chi connectivity index (χ4v) is 2.93. The van der Waals surface area contributed by atoms with Crippen molar-refractivity contribution in [3.05, 3.63) is 54.1 Å². The maximum Gasteiger partial charge on any atom is 0.213 e. The summed E-state index contributed by atoms with van der Waals surface area (Å²) in [6.07, 6.45) is 7.18. The number of allylic oxidation sites excluding steroid dienone is 1. The molecule has 0 bridgehead atoms. The third-order valence-corrected chi connectivity index (χ3v) is 4.29. The van der Waals surface area contributed by atoms with Crippen LogP contribution in [0.2, 0.25) is 0 Å². The van der Waals surface area contributed by atoms with Crippen LogP contribution in [0.4, 0.5) is 0 Å². The molecule has 0 aromatic carbocycles. The quantitative estimate of drug-likeness (QED) is 0.627. The highest BCUT2D eigenvalue weighted by Gasteiger charge is 2.14. The molecular formula is C22H27N5O. The van der Waals surface area contributed by atoms with Crippen LogP contribution >= 0.6 is 0 Å². The Morgan fingerprint density at radius 2 is 2.04 bits per heavy atom. The summed E-state index contributed by atoms with van der Waals surface area (Å²) in [5.74, 6) is 0.533. The van der Waals surface area contributed by atoms with E-state index in [0.717, 1.165) is 40.3 Å². The van der Waals surface area contributed by atoms with Crippen molar-refractivity contribution in [3.8, 4) is 17.1 Å². The van der Waals surface area contributed by atoms with Crippen LogP contribution in [0.25, 0.3) is 22.5 Å². The lowest BCUT2D eigenvalue weighted by Gasteiger charge is -2.18. The number of nitrogens with one attached hydrogen (secondary N) is 2. The Morgan fingerprint density at radius 3 is 2.71 bits per heavy atom. The summed E-state index contributed by atoms with van der Waals surface area (Å²) in [4.78, 5) is 9.21. The summed E-state index contributed by atoms with van der Waals surface area (Å²) in [6, 6.07) is 7.77. The molecule has 3 aromatic rings. The van der Waals surface area contributed by atoms with Gasteiger partial charge in [0.05, 0.1) is 18.5 Å². The van der Waals surface area contributed by atoms with E-state index in [9.17, 15) is 0 Å². The van der Waals surface area contributed by atoms with Crippen molar-refractivity contribution >= 4 is 17.4 Å². The summed E-state index contributed by atoms with van der Waals surface area (Å²) in [7, 11) is 1.60. The molecule has 6 heteroatoms. The Kier molecular flexibility index (Phi) is 5.49. The molecule has 0 aliphatic rings. The normalized spacial score (nSPS) is 12.2. The molecule has 28 heavy (non-hydrogen) atoms. The number of methoxy groups -OCH3 is 1. The van der Waals surface area contributed by atoms with Gasteiger partial charge in [-0.15, -0.1) is 0 Å². The second kappa shape index (κ2) is 7.84. The van der Waals surface area contributed by atoms with Gasteiger partial charge in [0.2, 0.25) is 5.88 Å². The summed E-state index contributed by atoms with van der Waals surface area (Å²) in [5, 5.41) is 11.2. The van der Waals surface area contributed by atoms with Gasteiger partial charge in [-0.05, 0) is 30.5 Å². The zero-order valence-corrected chi connectivity index (χ0v) is 17.1. The molecule has 0 spiro atoms. The number of rotatable bonds is 6. The zero-order chi connectivity index (χ0) is 20.3. The molecule has 0 atom stereocenters. The summed E-state index contributed by atoms with van der Waals surface area (Å²) >= 11 is 0. The van der Waals surface area contributed by atoms with Gasteiger partial charge in [-0.3, -0.25) is 0 Å². The largest absolute Gasteiger partial charge is 0.481 e. The molecule has 0 aliphatic heterocycles. The van der Waals surface area contributed by atoms with Crippen LogP contribution < -0.4 is 10.1 Å². The second-order valence-electron chi connectivity index (χ2n) is 8.00. The van der Waals surface area contributed by atoms with Crippen LogP contribution in [0.5, 0.6) is 5.88 Å². The molecule has 6 nitrogen and oxygen atoms in total. The van der Waals surface area contributed by atoms with E-state index >= 15 is 0 Å². The van der Waals surface area contributed by atoms with Crippen molar-refractivity contribution in [2.24, 2.45) is 5.41 Å². The van der Waals surface area contributed by atoms with Gasteiger partial charge in [0.1, 0.15) is 5.65 Å². The van der Waals surface area contributed by atoms with Gasteiger partial charge in [0, 0.05) is 54.1 Å². The molecule has 0 saturated carbocycles. The van der Waals surface area contributed by atoms with Crippen molar-refractivity contribution in [2.45, 2.75) is 27.7 Å². The number of ether oxygens (including phenoxy) is 1. The van der Waals surface area contributed by atoms with Gasteiger partial charge < -0.3 is 19.9 Å². The molecule has 0 unspecified atom stereocenters. The Hall–Kier alpha value is -3.15. The topological polar surface area (TPSA) is 75.3 Å².